The average Bonchev–Trinajstić information content (AvgIpc) is 2.54. The second-order valence-electron chi connectivity index (χ2n) is 4.94. The number of aromatic nitrogens is 1. The van der Waals surface area contributed by atoms with Gasteiger partial charge >= 0.3 is 15.6 Å². The molecule has 2 atom stereocenters. The molecule has 2 aliphatic rings. The Kier molecular flexibility index (Phi) is 3.20. The van der Waals surface area contributed by atoms with Gasteiger partial charge in [0.2, 0.25) is 0 Å². The number of pyridine rings is 1. The van der Waals surface area contributed by atoms with Gasteiger partial charge < -0.3 is 4.18 Å². The summed E-state index contributed by atoms with van der Waals surface area (Å²) >= 11 is 2.02. The fourth-order valence-corrected chi connectivity index (χ4v) is 4.14. The molecule has 0 saturated heterocycles. The van der Waals surface area contributed by atoms with Gasteiger partial charge in [0.15, 0.2) is 5.75 Å². The van der Waals surface area contributed by atoms with Crippen molar-refractivity contribution in [3.8, 4) is 5.75 Å². The number of hydrogen-bond acceptors (Lipinski definition) is 4. The largest absolute Gasteiger partial charge is 0.534 e. The molecule has 9 heteroatoms. The van der Waals surface area contributed by atoms with E-state index in [1.807, 2.05) is 22.6 Å². The Hall–Kier alpha value is -0.580. The maximum atomic E-state index is 12.4. The molecule has 2 aliphatic carbocycles. The molecule has 0 spiro atoms. The van der Waals surface area contributed by atoms with Crippen molar-refractivity contribution in [2.75, 3.05) is 0 Å². The van der Waals surface area contributed by atoms with Crippen LogP contribution in [0.1, 0.15) is 29.9 Å². The van der Waals surface area contributed by atoms with Crippen LogP contribution in [0, 0.1) is 9.62 Å². The van der Waals surface area contributed by atoms with Crippen molar-refractivity contribution in [2.24, 2.45) is 5.92 Å². The summed E-state index contributed by atoms with van der Waals surface area (Å²) < 4.78 is 64.3. The number of hydrogen-bond donors (Lipinski definition) is 0. The van der Waals surface area contributed by atoms with Gasteiger partial charge in [-0.15, -0.1) is 0 Å². The number of halogens is 4. The molecule has 0 N–H and O–H groups in total. The van der Waals surface area contributed by atoms with Crippen molar-refractivity contribution < 1.29 is 25.8 Å². The Bertz CT molecular complexity index is 674. The molecule has 0 amide bonds. The van der Waals surface area contributed by atoms with Crippen LogP contribution >= 0.6 is 22.6 Å². The van der Waals surface area contributed by atoms with E-state index in [-0.39, 0.29) is 11.7 Å². The molecule has 0 radical (unpaired) electrons. The summed E-state index contributed by atoms with van der Waals surface area (Å²) in [5, 5.41) is 0. The second kappa shape index (κ2) is 4.46. The van der Waals surface area contributed by atoms with Gasteiger partial charge in [0, 0.05) is 5.56 Å². The third-order valence-electron chi connectivity index (χ3n) is 3.88. The standard InChI is InChI=1S/C11H9F3INO3S/c12-11(13,14)20(17,18)19-8-4-16-10(15)9-6-2-1-5(6)3-7(8)9/h4-6H,1-3H2. The summed E-state index contributed by atoms with van der Waals surface area (Å²) in [7, 11) is -5.64. The highest BCUT2D eigenvalue weighted by atomic mass is 127. The Morgan fingerprint density at radius 1 is 1.35 bits per heavy atom. The molecular weight excluding hydrogens is 410 g/mol. The summed E-state index contributed by atoms with van der Waals surface area (Å²) in [5.41, 5.74) is -4.01. The SMILES string of the molecule is O=S(=O)(Oc1cnc(I)c2c1CC1CCC21)C(F)(F)F. The Morgan fingerprint density at radius 2 is 2.05 bits per heavy atom. The van der Waals surface area contributed by atoms with E-state index in [1.165, 1.54) is 0 Å². The second-order valence-corrected chi connectivity index (χ2v) is 7.50. The van der Waals surface area contributed by atoms with Crippen molar-refractivity contribution in [2.45, 2.75) is 30.7 Å². The molecule has 110 valence electrons. The van der Waals surface area contributed by atoms with Gasteiger partial charge in [-0.3, -0.25) is 0 Å². The van der Waals surface area contributed by atoms with Crippen LogP contribution in [-0.4, -0.2) is 18.9 Å². The molecule has 0 bridgehead atoms. The smallest absolute Gasteiger partial charge is 0.374 e. The lowest BCUT2D eigenvalue weighted by Gasteiger charge is -2.30. The van der Waals surface area contributed by atoms with Crippen LogP contribution in [0.25, 0.3) is 0 Å². The van der Waals surface area contributed by atoms with E-state index in [0.717, 1.165) is 24.6 Å². The fourth-order valence-electron chi connectivity index (χ4n) is 2.80. The van der Waals surface area contributed by atoms with E-state index in [2.05, 4.69) is 9.17 Å². The minimum Gasteiger partial charge on any atom is -0.374 e. The van der Waals surface area contributed by atoms with Crippen LogP contribution in [0.15, 0.2) is 6.20 Å². The first-order chi connectivity index (χ1) is 9.21. The summed E-state index contributed by atoms with van der Waals surface area (Å²) in [6.07, 6.45) is 3.58. The van der Waals surface area contributed by atoms with Crippen molar-refractivity contribution in [1.82, 2.24) is 4.98 Å². The van der Waals surface area contributed by atoms with Crippen LogP contribution in [0.2, 0.25) is 0 Å². The molecule has 1 saturated carbocycles. The van der Waals surface area contributed by atoms with Crippen LogP contribution in [0.3, 0.4) is 0 Å². The van der Waals surface area contributed by atoms with Gasteiger partial charge in [-0.25, -0.2) is 4.98 Å². The third kappa shape index (κ3) is 2.09. The van der Waals surface area contributed by atoms with Crippen LogP contribution < -0.4 is 4.18 Å². The first kappa shape index (κ1) is 14.4. The lowest BCUT2D eigenvalue weighted by atomic mass is 9.75. The fraction of sp³-hybridized carbons (Fsp3) is 0.545. The first-order valence-corrected chi connectivity index (χ1v) is 8.37. The van der Waals surface area contributed by atoms with Crippen molar-refractivity contribution in [3.05, 3.63) is 21.0 Å². The van der Waals surface area contributed by atoms with Gasteiger partial charge in [-0.05, 0) is 59.3 Å². The summed E-state index contributed by atoms with van der Waals surface area (Å²) in [4.78, 5) is 3.97. The highest BCUT2D eigenvalue weighted by Crippen LogP contribution is 2.54. The maximum Gasteiger partial charge on any atom is 0.534 e. The van der Waals surface area contributed by atoms with Crippen LogP contribution in [0.4, 0.5) is 13.2 Å². The average molecular weight is 419 g/mol. The number of nitrogens with zero attached hydrogens (tertiary/aromatic N) is 1. The molecule has 1 aromatic heterocycles. The van der Waals surface area contributed by atoms with E-state index in [9.17, 15) is 21.6 Å². The Morgan fingerprint density at radius 3 is 2.60 bits per heavy atom. The molecule has 1 heterocycles. The van der Waals surface area contributed by atoms with E-state index in [0.29, 0.717) is 21.6 Å². The quantitative estimate of drug-likeness (QED) is 0.320. The first-order valence-electron chi connectivity index (χ1n) is 5.88. The van der Waals surface area contributed by atoms with E-state index in [4.69, 9.17) is 0 Å². The molecule has 20 heavy (non-hydrogen) atoms. The number of fused-ring (bicyclic) bond motifs is 3. The van der Waals surface area contributed by atoms with Crippen LogP contribution in [0.5, 0.6) is 5.75 Å². The summed E-state index contributed by atoms with van der Waals surface area (Å²) in [6, 6.07) is 0. The molecule has 3 rings (SSSR count). The normalized spacial score (nSPS) is 24.8. The highest BCUT2D eigenvalue weighted by Gasteiger charge is 2.50. The molecular formula is C11H9F3INO3S. The Labute approximate surface area is 127 Å². The van der Waals surface area contributed by atoms with Crippen LogP contribution in [-0.2, 0) is 16.5 Å². The van der Waals surface area contributed by atoms with Crippen molar-refractivity contribution >= 4 is 32.7 Å². The molecule has 0 aliphatic heterocycles. The van der Waals surface area contributed by atoms with Gasteiger partial charge in [-0.2, -0.15) is 21.6 Å². The summed E-state index contributed by atoms with van der Waals surface area (Å²) in [6.45, 7) is 0. The monoisotopic (exact) mass is 419 g/mol. The van der Waals surface area contributed by atoms with E-state index >= 15 is 0 Å². The van der Waals surface area contributed by atoms with Crippen molar-refractivity contribution in [1.29, 1.82) is 0 Å². The van der Waals surface area contributed by atoms with Gasteiger partial charge in [-0.1, -0.05) is 0 Å². The molecule has 1 fully saturated rings. The predicted octanol–water partition coefficient (Wildman–Crippen LogP) is 2.96. The maximum absolute atomic E-state index is 12.4. The minimum atomic E-state index is -5.64. The van der Waals surface area contributed by atoms with Gasteiger partial charge in [0.1, 0.15) is 3.70 Å². The molecule has 2 unspecified atom stereocenters. The van der Waals surface area contributed by atoms with E-state index in [1.54, 1.807) is 0 Å². The molecule has 1 aromatic rings. The Balaban J connectivity index is 2.02. The van der Waals surface area contributed by atoms with Crippen molar-refractivity contribution in [3.63, 3.8) is 0 Å². The lowest BCUT2D eigenvalue weighted by molar-refractivity contribution is -0.0500. The van der Waals surface area contributed by atoms with Gasteiger partial charge in [0.05, 0.1) is 6.20 Å². The predicted molar refractivity (Wildman–Crippen MR) is 71.7 cm³/mol. The number of rotatable bonds is 2. The number of alkyl halides is 3. The topological polar surface area (TPSA) is 56.3 Å². The zero-order valence-electron chi connectivity index (χ0n) is 9.95. The zero-order chi connectivity index (χ0) is 14.7. The summed E-state index contributed by atoms with van der Waals surface area (Å²) in [5.74, 6) is 0.368. The minimum absolute atomic E-state index is 0.279. The lowest BCUT2D eigenvalue weighted by Crippen LogP contribution is -2.28. The highest BCUT2D eigenvalue weighted by molar-refractivity contribution is 14.1. The zero-order valence-corrected chi connectivity index (χ0v) is 12.9. The molecule has 4 nitrogen and oxygen atoms in total. The molecule has 0 aromatic carbocycles. The third-order valence-corrected chi connectivity index (χ3v) is 5.70. The van der Waals surface area contributed by atoms with Gasteiger partial charge in [0.25, 0.3) is 0 Å². The van der Waals surface area contributed by atoms with E-state index < -0.39 is 15.6 Å².